The van der Waals surface area contributed by atoms with E-state index in [0.29, 0.717) is 17.6 Å². The van der Waals surface area contributed by atoms with Crippen LogP contribution in [0.2, 0.25) is 0 Å². The van der Waals surface area contributed by atoms with Crippen molar-refractivity contribution in [3.8, 4) is 0 Å². The summed E-state index contributed by atoms with van der Waals surface area (Å²) in [6, 6.07) is 8.72. The number of nitrogens with zero attached hydrogens (tertiary/aromatic N) is 1. The number of para-hydroxylation sites is 1. The van der Waals surface area contributed by atoms with E-state index < -0.39 is 0 Å². The molecular weight excluding hydrogens is 328 g/mol. The Morgan fingerprint density at radius 1 is 1.21 bits per heavy atom. The van der Waals surface area contributed by atoms with Crippen molar-refractivity contribution in [2.45, 2.75) is 6.42 Å². The van der Waals surface area contributed by atoms with Crippen molar-refractivity contribution in [3.63, 3.8) is 0 Å². The standard InChI is InChI=1S/C17H22N4O2.ClH/c22-16-12-14(13-4-1-2-5-15(13)20-16)17(23)19-6-3-9-21-10-7-18-8-11-21;/h1-2,4-5,12,18H,3,6-11H2,(H,19,23)(H,20,22);1H. The second-order valence-electron chi connectivity index (χ2n) is 5.79. The lowest BCUT2D eigenvalue weighted by molar-refractivity contribution is 0.0952. The van der Waals surface area contributed by atoms with Gasteiger partial charge >= 0.3 is 0 Å². The molecule has 2 aromatic rings. The minimum atomic E-state index is -0.255. The van der Waals surface area contributed by atoms with Gasteiger partial charge in [0.2, 0.25) is 5.56 Å². The van der Waals surface area contributed by atoms with Crippen molar-refractivity contribution in [3.05, 3.63) is 46.2 Å². The van der Waals surface area contributed by atoms with Gasteiger partial charge in [0.05, 0.1) is 5.56 Å². The molecule has 1 fully saturated rings. The molecule has 7 heteroatoms. The molecule has 1 amide bonds. The highest BCUT2D eigenvalue weighted by atomic mass is 35.5. The number of piperazine rings is 1. The molecule has 24 heavy (non-hydrogen) atoms. The fourth-order valence-corrected chi connectivity index (χ4v) is 2.93. The van der Waals surface area contributed by atoms with Gasteiger partial charge in [-0.15, -0.1) is 12.4 Å². The van der Waals surface area contributed by atoms with E-state index in [9.17, 15) is 9.59 Å². The number of aromatic nitrogens is 1. The first-order chi connectivity index (χ1) is 11.2. The summed E-state index contributed by atoms with van der Waals surface area (Å²) in [6.07, 6.45) is 0.910. The number of amides is 1. The molecule has 0 unspecified atom stereocenters. The maximum absolute atomic E-state index is 12.4. The van der Waals surface area contributed by atoms with Gasteiger partial charge in [0, 0.05) is 49.7 Å². The van der Waals surface area contributed by atoms with E-state index in [1.165, 1.54) is 6.07 Å². The zero-order chi connectivity index (χ0) is 16.1. The van der Waals surface area contributed by atoms with Crippen molar-refractivity contribution in [1.82, 2.24) is 20.5 Å². The summed E-state index contributed by atoms with van der Waals surface area (Å²) in [5, 5.41) is 7.02. The summed E-state index contributed by atoms with van der Waals surface area (Å²) in [4.78, 5) is 29.2. The van der Waals surface area contributed by atoms with E-state index in [1.807, 2.05) is 18.2 Å². The van der Waals surface area contributed by atoms with E-state index in [4.69, 9.17) is 0 Å². The molecule has 2 heterocycles. The highest BCUT2D eigenvalue weighted by Crippen LogP contribution is 2.14. The highest BCUT2D eigenvalue weighted by molar-refractivity contribution is 6.05. The molecule has 6 nitrogen and oxygen atoms in total. The number of hydrogen-bond acceptors (Lipinski definition) is 4. The van der Waals surface area contributed by atoms with Crippen molar-refractivity contribution >= 4 is 29.2 Å². The molecule has 0 radical (unpaired) electrons. The first-order valence-corrected chi connectivity index (χ1v) is 8.07. The molecule has 3 rings (SSSR count). The normalized spacial score (nSPS) is 15.0. The second-order valence-corrected chi connectivity index (χ2v) is 5.79. The predicted molar refractivity (Wildman–Crippen MR) is 98.1 cm³/mol. The van der Waals surface area contributed by atoms with Crippen LogP contribution in [0.15, 0.2) is 35.1 Å². The second kappa shape index (κ2) is 8.82. The third-order valence-corrected chi connectivity index (χ3v) is 4.14. The lowest BCUT2D eigenvalue weighted by Crippen LogP contribution is -2.44. The number of halogens is 1. The highest BCUT2D eigenvalue weighted by Gasteiger charge is 2.12. The van der Waals surface area contributed by atoms with Crippen LogP contribution in [0.3, 0.4) is 0 Å². The summed E-state index contributed by atoms with van der Waals surface area (Å²) >= 11 is 0. The molecule has 1 saturated heterocycles. The van der Waals surface area contributed by atoms with Crippen molar-refractivity contribution in [1.29, 1.82) is 0 Å². The fraction of sp³-hybridized carbons (Fsp3) is 0.412. The number of aromatic amines is 1. The van der Waals surface area contributed by atoms with E-state index in [0.717, 1.165) is 44.5 Å². The minimum Gasteiger partial charge on any atom is -0.352 e. The molecule has 1 aliphatic heterocycles. The van der Waals surface area contributed by atoms with Gasteiger partial charge in [0.25, 0.3) is 5.91 Å². The quantitative estimate of drug-likeness (QED) is 0.702. The van der Waals surface area contributed by atoms with Crippen LogP contribution in [0, 0.1) is 0 Å². The van der Waals surface area contributed by atoms with Gasteiger partial charge in [0.1, 0.15) is 0 Å². The Kier molecular flexibility index (Phi) is 6.78. The fourth-order valence-electron chi connectivity index (χ4n) is 2.93. The van der Waals surface area contributed by atoms with Gasteiger partial charge in [-0.3, -0.25) is 9.59 Å². The van der Waals surface area contributed by atoms with Gasteiger partial charge in [-0.2, -0.15) is 0 Å². The van der Waals surface area contributed by atoms with Crippen molar-refractivity contribution < 1.29 is 4.79 Å². The summed E-state index contributed by atoms with van der Waals surface area (Å²) in [7, 11) is 0. The number of benzene rings is 1. The van der Waals surface area contributed by atoms with Crippen LogP contribution in [0.25, 0.3) is 10.9 Å². The first-order valence-electron chi connectivity index (χ1n) is 8.07. The zero-order valence-corrected chi connectivity index (χ0v) is 14.3. The molecular formula is C17H23ClN4O2. The van der Waals surface area contributed by atoms with Crippen LogP contribution in [0.1, 0.15) is 16.8 Å². The van der Waals surface area contributed by atoms with Crippen LogP contribution < -0.4 is 16.2 Å². The molecule has 0 atom stereocenters. The van der Waals surface area contributed by atoms with Crippen LogP contribution in [0.4, 0.5) is 0 Å². The van der Waals surface area contributed by atoms with Gasteiger partial charge in [-0.1, -0.05) is 18.2 Å². The summed E-state index contributed by atoms with van der Waals surface area (Å²) < 4.78 is 0. The third kappa shape index (κ3) is 4.56. The van der Waals surface area contributed by atoms with Crippen LogP contribution >= 0.6 is 12.4 Å². The summed E-state index contributed by atoms with van der Waals surface area (Å²) in [6.45, 7) is 5.79. The third-order valence-electron chi connectivity index (χ3n) is 4.14. The molecule has 3 N–H and O–H groups in total. The average molecular weight is 351 g/mol. The van der Waals surface area contributed by atoms with Crippen molar-refractivity contribution in [2.75, 3.05) is 39.3 Å². The number of rotatable bonds is 5. The predicted octanol–water partition coefficient (Wildman–Crippen LogP) is 0.975. The molecule has 0 spiro atoms. The topological polar surface area (TPSA) is 77.2 Å². The van der Waals surface area contributed by atoms with Gasteiger partial charge in [-0.25, -0.2) is 0 Å². The Balaban J connectivity index is 0.00000208. The molecule has 0 saturated carbocycles. The minimum absolute atomic E-state index is 0. The monoisotopic (exact) mass is 350 g/mol. The maximum atomic E-state index is 12.4. The average Bonchev–Trinajstić information content (AvgIpc) is 2.58. The zero-order valence-electron chi connectivity index (χ0n) is 13.5. The maximum Gasteiger partial charge on any atom is 0.252 e. The Morgan fingerprint density at radius 3 is 2.75 bits per heavy atom. The molecule has 1 aliphatic rings. The van der Waals surface area contributed by atoms with Gasteiger partial charge in [0.15, 0.2) is 0 Å². The Hall–Kier alpha value is -1.89. The summed E-state index contributed by atoms with van der Waals surface area (Å²) in [5.41, 5.74) is 0.868. The number of pyridine rings is 1. The van der Waals surface area contributed by atoms with Gasteiger partial charge in [-0.05, 0) is 19.0 Å². The number of nitrogens with one attached hydrogen (secondary N) is 3. The van der Waals surface area contributed by atoms with Crippen LogP contribution in [-0.4, -0.2) is 55.1 Å². The van der Waals surface area contributed by atoms with E-state index in [1.54, 1.807) is 6.07 Å². The molecule has 0 aliphatic carbocycles. The largest absolute Gasteiger partial charge is 0.352 e. The summed E-state index contributed by atoms with van der Waals surface area (Å²) in [5.74, 6) is -0.187. The number of hydrogen-bond donors (Lipinski definition) is 3. The molecule has 130 valence electrons. The van der Waals surface area contributed by atoms with E-state index >= 15 is 0 Å². The first kappa shape index (κ1) is 18.4. The molecule has 1 aromatic carbocycles. The van der Waals surface area contributed by atoms with Crippen molar-refractivity contribution in [2.24, 2.45) is 0 Å². The number of carbonyl (C=O) groups excluding carboxylic acids is 1. The van der Waals surface area contributed by atoms with E-state index in [2.05, 4.69) is 20.5 Å². The van der Waals surface area contributed by atoms with E-state index in [-0.39, 0.29) is 23.9 Å². The smallest absolute Gasteiger partial charge is 0.252 e. The lowest BCUT2D eigenvalue weighted by atomic mass is 10.1. The Labute approximate surface area is 147 Å². The number of carbonyl (C=O) groups is 1. The number of H-pyrrole nitrogens is 1. The molecule has 1 aromatic heterocycles. The SMILES string of the molecule is Cl.O=C(NCCCN1CCNCC1)c1cc(=O)[nH]c2ccccc12. The lowest BCUT2D eigenvalue weighted by Gasteiger charge is -2.27. The van der Waals surface area contributed by atoms with Gasteiger partial charge < -0.3 is 20.5 Å². The Bertz CT molecular complexity index is 741. The Morgan fingerprint density at radius 2 is 1.96 bits per heavy atom. The van der Waals surface area contributed by atoms with Crippen LogP contribution in [-0.2, 0) is 0 Å². The molecule has 0 bridgehead atoms. The number of fused-ring (bicyclic) bond motifs is 1. The van der Waals surface area contributed by atoms with Crippen LogP contribution in [0.5, 0.6) is 0 Å².